The molecule has 1 saturated carbocycles. The summed E-state index contributed by atoms with van der Waals surface area (Å²) in [7, 11) is 0. The molecule has 0 saturated heterocycles. The normalized spacial score (nSPS) is 18.4. The summed E-state index contributed by atoms with van der Waals surface area (Å²) in [6, 6.07) is 27.1. The Balaban J connectivity index is 1.12. The van der Waals surface area contributed by atoms with Crippen molar-refractivity contribution < 1.29 is 4.79 Å². The number of carbonyl (C=O) groups is 1. The Morgan fingerprint density at radius 2 is 1.62 bits per heavy atom. The topological polar surface area (TPSA) is 69.8 Å². The van der Waals surface area contributed by atoms with Gasteiger partial charge in [-0.2, -0.15) is 0 Å². The standard InChI is InChI=1S/C27H28N4O/c32-26(28-18-19-7-6-10-22(17-19)20-8-2-1-3-9-20)21-13-15-23(16-14-21)29-27-30-24-11-4-5-12-25(24)31-27/h1-12,17,21,23H,13-16,18H2,(H,28,32)(H2,29,30,31)/t21-,23+. The number of H-pyrrole nitrogens is 1. The highest BCUT2D eigenvalue weighted by molar-refractivity contribution is 5.79. The smallest absolute Gasteiger partial charge is 0.223 e. The van der Waals surface area contributed by atoms with Gasteiger partial charge in [-0.05, 0) is 60.6 Å². The van der Waals surface area contributed by atoms with Gasteiger partial charge in [0, 0.05) is 18.5 Å². The molecular weight excluding hydrogens is 396 g/mol. The van der Waals surface area contributed by atoms with Crippen molar-refractivity contribution in [1.82, 2.24) is 15.3 Å². The molecule has 3 aromatic carbocycles. The predicted octanol–water partition coefficient (Wildman–Crippen LogP) is 5.52. The third-order valence-corrected chi connectivity index (χ3v) is 6.33. The summed E-state index contributed by atoms with van der Waals surface area (Å²) in [5.74, 6) is 1.07. The van der Waals surface area contributed by atoms with E-state index in [9.17, 15) is 4.79 Å². The van der Waals surface area contributed by atoms with Gasteiger partial charge in [-0.25, -0.2) is 4.98 Å². The number of para-hydroxylation sites is 2. The Labute approximate surface area is 188 Å². The molecule has 1 heterocycles. The zero-order valence-corrected chi connectivity index (χ0v) is 18.1. The maximum Gasteiger partial charge on any atom is 0.223 e. The fraction of sp³-hybridized carbons (Fsp3) is 0.259. The quantitative estimate of drug-likeness (QED) is 0.382. The zero-order valence-electron chi connectivity index (χ0n) is 18.1. The Hall–Kier alpha value is -3.60. The first-order valence-electron chi connectivity index (χ1n) is 11.4. The lowest BCUT2D eigenvalue weighted by Gasteiger charge is -2.28. The van der Waals surface area contributed by atoms with E-state index in [-0.39, 0.29) is 11.8 Å². The van der Waals surface area contributed by atoms with Gasteiger partial charge in [0.25, 0.3) is 0 Å². The molecule has 0 bridgehead atoms. The average molecular weight is 425 g/mol. The molecule has 1 aliphatic rings. The lowest BCUT2D eigenvalue weighted by Crippen LogP contribution is -2.35. The van der Waals surface area contributed by atoms with E-state index < -0.39 is 0 Å². The largest absolute Gasteiger partial charge is 0.353 e. The molecule has 1 aromatic heterocycles. The summed E-state index contributed by atoms with van der Waals surface area (Å²) < 4.78 is 0. The van der Waals surface area contributed by atoms with Crippen LogP contribution in [0.1, 0.15) is 31.2 Å². The number of nitrogens with zero attached hydrogens (tertiary/aromatic N) is 1. The molecule has 1 amide bonds. The minimum Gasteiger partial charge on any atom is -0.353 e. The van der Waals surface area contributed by atoms with Gasteiger partial charge in [0.05, 0.1) is 11.0 Å². The van der Waals surface area contributed by atoms with Crippen molar-refractivity contribution >= 4 is 22.9 Å². The summed E-state index contributed by atoms with van der Waals surface area (Å²) in [5.41, 5.74) is 5.50. The Bertz CT molecular complexity index is 1160. The van der Waals surface area contributed by atoms with E-state index in [0.717, 1.165) is 48.2 Å². The molecule has 5 nitrogen and oxygen atoms in total. The summed E-state index contributed by atoms with van der Waals surface area (Å²) in [6.07, 6.45) is 3.73. The fourth-order valence-corrected chi connectivity index (χ4v) is 4.54. The van der Waals surface area contributed by atoms with E-state index in [2.05, 4.69) is 57.0 Å². The lowest BCUT2D eigenvalue weighted by atomic mass is 9.85. The number of fused-ring (bicyclic) bond motifs is 1. The molecule has 1 fully saturated rings. The number of aromatic amines is 1. The summed E-state index contributed by atoms with van der Waals surface area (Å²) in [4.78, 5) is 20.7. The molecule has 0 unspecified atom stereocenters. The molecule has 0 radical (unpaired) electrons. The minimum absolute atomic E-state index is 0.0843. The number of benzene rings is 3. The molecule has 1 aliphatic carbocycles. The highest BCUT2D eigenvalue weighted by atomic mass is 16.1. The van der Waals surface area contributed by atoms with E-state index in [1.807, 2.05) is 42.5 Å². The Kier molecular flexibility index (Phi) is 5.88. The molecule has 162 valence electrons. The first-order valence-corrected chi connectivity index (χ1v) is 11.4. The van der Waals surface area contributed by atoms with E-state index in [4.69, 9.17) is 0 Å². The van der Waals surface area contributed by atoms with Crippen LogP contribution in [0.15, 0.2) is 78.9 Å². The number of aromatic nitrogens is 2. The van der Waals surface area contributed by atoms with Crippen LogP contribution >= 0.6 is 0 Å². The zero-order chi connectivity index (χ0) is 21.8. The van der Waals surface area contributed by atoms with Crippen molar-refractivity contribution in [2.75, 3.05) is 5.32 Å². The van der Waals surface area contributed by atoms with E-state index in [1.165, 1.54) is 11.1 Å². The van der Waals surface area contributed by atoms with Crippen LogP contribution in [0, 0.1) is 5.92 Å². The van der Waals surface area contributed by atoms with Crippen LogP contribution in [-0.2, 0) is 11.3 Å². The monoisotopic (exact) mass is 424 g/mol. The molecular formula is C27H28N4O. The second kappa shape index (κ2) is 9.27. The van der Waals surface area contributed by atoms with Gasteiger partial charge in [0.1, 0.15) is 0 Å². The molecule has 0 spiro atoms. The van der Waals surface area contributed by atoms with Gasteiger partial charge >= 0.3 is 0 Å². The van der Waals surface area contributed by atoms with Crippen LogP contribution in [0.25, 0.3) is 22.2 Å². The van der Waals surface area contributed by atoms with E-state index in [1.54, 1.807) is 0 Å². The fourth-order valence-electron chi connectivity index (χ4n) is 4.54. The van der Waals surface area contributed by atoms with Gasteiger partial charge in [-0.3, -0.25) is 4.79 Å². The predicted molar refractivity (Wildman–Crippen MR) is 129 cm³/mol. The Morgan fingerprint density at radius 1 is 0.875 bits per heavy atom. The molecule has 3 N–H and O–H groups in total. The maximum atomic E-state index is 12.8. The number of nitrogens with one attached hydrogen (secondary N) is 3. The third kappa shape index (κ3) is 4.67. The molecule has 0 atom stereocenters. The third-order valence-electron chi connectivity index (χ3n) is 6.33. The number of hydrogen-bond donors (Lipinski definition) is 3. The highest BCUT2D eigenvalue weighted by Crippen LogP contribution is 2.27. The number of anilines is 1. The molecule has 0 aliphatic heterocycles. The van der Waals surface area contributed by atoms with Gasteiger partial charge in [0.15, 0.2) is 0 Å². The second-order valence-corrected chi connectivity index (χ2v) is 8.58. The number of amides is 1. The number of carbonyl (C=O) groups excluding carboxylic acids is 1. The molecule has 32 heavy (non-hydrogen) atoms. The van der Waals surface area contributed by atoms with Crippen molar-refractivity contribution in [3.05, 3.63) is 84.4 Å². The second-order valence-electron chi connectivity index (χ2n) is 8.58. The molecule has 5 heteroatoms. The molecule has 5 rings (SSSR count). The minimum atomic E-state index is 0.0843. The van der Waals surface area contributed by atoms with Gasteiger partial charge in [-0.1, -0.05) is 60.7 Å². The van der Waals surface area contributed by atoms with E-state index in [0.29, 0.717) is 12.6 Å². The molecule has 4 aromatic rings. The highest BCUT2D eigenvalue weighted by Gasteiger charge is 2.26. The number of imidazole rings is 1. The first kappa shape index (κ1) is 20.3. The first-order chi connectivity index (χ1) is 15.7. The van der Waals surface area contributed by atoms with Crippen LogP contribution in [0.4, 0.5) is 5.95 Å². The van der Waals surface area contributed by atoms with Crippen molar-refractivity contribution in [3.63, 3.8) is 0 Å². The maximum absolute atomic E-state index is 12.8. The Morgan fingerprint density at radius 3 is 2.44 bits per heavy atom. The van der Waals surface area contributed by atoms with Gasteiger partial charge in [0.2, 0.25) is 11.9 Å². The lowest BCUT2D eigenvalue weighted by molar-refractivity contribution is -0.126. The van der Waals surface area contributed by atoms with Crippen molar-refractivity contribution in [1.29, 1.82) is 0 Å². The van der Waals surface area contributed by atoms with Crippen LogP contribution in [0.2, 0.25) is 0 Å². The van der Waals surface area contributed by atoms with Crippen LogP contribution < -0.4 is 10.6 Å². The van der Waals surface area contributed by atoms with Crippen molar-refractivity contribution in [3.8, 4) is 11.1 Å². The van der Waals surface area contributed by atoms with Gasteiger partial charge in [-0.15, -0.1) is 0 Å². The van der Waals surface area contributed by atoms with Crippen molar-refractivity contribution in [2.45, 2.75) is 38.3 Å². The number of hydrogen-bond acceptors (Lipinski definition) is 3. The SMILES string of the molecule is O=C(NCc1cccc(-c2ccccc2)c1)[C@H]1CC[C@@H](Nc2nc3ccccc3[nH]2)CC1. The summed E-state index contributed by atoms with van der Waals surface area (Å²) in [5, 5.41) is 6.66. The number of rotatable bonds is 6. The van der Waals surface area contributed by atoms with Crippen LogP contribution in [0.3, 0.4) is 0 Å². The summed E-state index contributed by atoms with van der Waals surface area (Å²) in [6.45, 7) is 0.566. The van der Waals surface area contributed by atoms with E-state index >= 15 is 0 Å². The summed E-state index contributed by atoms with van der Waals surface area (Å²) >= 11 is 0. The van der Waals surface area contributed by atoms with Crippen LogP contribution in [-0.4, -0.2) is 21.9 Å². The van der Waals surface area contributed by atoms with Crippen LogP contribution in [0.5, 0.6) is 0 Å². The van der Waals surface area contributed by atoms with Crippen molar-refractivity contribution in [2.24, 2.45) is 5.92 Å². The van der Waals surface area contributed by atoms with Gasteiger partial charge < -0.3 is 15.6 Å². The average Bonchev–Trinajstić information content (AvgIpc) is 3.26.